The minimum absolute atomic E-state index is 0.167. The molecule has 1 unspecified atom stereocenters. The van der Waals surface area contributed by atoms with Crippen molar-refractivity contribution in [2.45, 2.75) is 37.8 Å². The standard InChI is InChI=1S/C17H29N5O4S/c1-27(24,25)21-7-2-3-15(12-21)22(14-4-9-26-10-5-14)8-6-19-17(23)16-11-18-13-20-16/h11,13-15H,2-10,12H2,1H3,(H,18,20)(H,19,23). The number of imidazole rings is 1. The van der Waals surface area contributed by atoms with E-state index in [-0.39, 0.29) is 11.9 Å². The molecule has 10 heteroatoms. The van der Waals surface area contributed by atoms with Crippen molar-refractivity contribution in [2.24, 2.45) is 0 Å². The van der Waals surface area contributed by atoms with E-state index in [1.54, 1.807) is 4.31 Å². The number of carbonyl (C=O) groups is 1. The summed E-state index contributed by atoms with van der Waals surface area (Å²) >= 11 is 0. The van der Waals surface area contributed by atoms with Crippen molar-refractivity contribution in [2.75, 3.05) is 45.6 Å². The van der Waals surface area contributed by atoms with Gasteiger partial charge in [-0.25, -0.2) is 17.7 Å². The molecule has 1 aromatic heterocycles. The van der Waals surface area contributed by atoms with E-state index in [2.05, 4.69) is 20.2 Å². The number of hydrogen-bond acceptors (Lipinski definition) is 6. The molecule has 2 aliphatic heterocycles. The van der Waals surface area contributed by atoms with Gasteiger partial charge in [0.1, 0.15) is 5.69 Å². The molecule has 27 heavy (non-hydrogen) atoms. The van der Waals surface area contributed by atoms with Crippen LogP contribution >= 0.6 is 0 Å². The van der Waals surface area contributed by atoms with Crippen LogP contribution in [0.15, 0.2) is 12.5 Å². The fraction of sp³-hybridized carbons (Fsp3) is 0.765. The third-order valence-electron chi connectivity index (χ3n) is 5.36. The molecule has 152 valence electrons. The molecule has 1 atom stereocenters. The van der Waals surface area contributed by atoms with Crippen LogP contribution in [-0.4, -0.2) is 91.2 Å². The summed E-state index contributed by atoms with van der Waals surface area (Å²) in [6, 6.07) is 0.521. The lowest BCUT2D eigenvalue weighted by molar-refractivity contribution is 0.00672. The maximum absolute atomic E-state index is 12.1. The van der Waals surface area contributed by atoms with E-state index in [1.165, 1.54) is 18.8 Å². The average Bonchev–Trinajstić information content (AvgIpc) is 3.20. The minimum atomic E-state index is -3.19. The number of H-pyrrole nitrogens is 1. The summed E-state index contributed by atoms with van der Waals surface area (Å²) in [4.78, 5) is 21.2. The Bertz CT molecular complexity index is 703. The fourth-order valence-corrected chi connectivity index (χ4v) is 4.85. The topological polar surface area (TPSA) is 108 Å². The highest BCUT2D eigenvalue weighted by molar-refractivity contribution is 7.88. The van der Waals surface area contributed by atoms with E-state index in [4.69, 9.17) is 4.74 Å². The first kappa shape index (κ1) is 20.2. The van der Waals surface area contributed by atoms with E-state index < -0.39 is 10.0 Å². The number of rotatable bonds is 7. The van der Waals surface area contributed by atoms with Gasteiger partial charge in [0, 0.05) is 51.5 Å². The first-order chi connectivity index (χ1) is 12.9. The predicted octanol–water partition coefficient (Wildman–Crippen LogP) is 0.0445. The van der Waals surface area contributed by atoms with Crippen molar-refractivity contribution < 1.29 is 17.9 Å². The number of nitrogens with one attached hydrogen (secondary N) is 2. The van der Waals surface area contributed by atoms with Gasteiger partial charge >= 0.3 is 0 Å². The van der Waals surface area contributed by atoms with Crippen LogP contribution in [0.25, 0.3) is 0 Å². The normalized spacial score (nSPS) is 22.8. The molecule has 2 saturated heterocycles. The summed E-state index contributed by atoms with van der Waals surface area (Å²) in [5.41, 5.74) is 0.438. The first-order valence-electron chi connectivity index (χ1n) is 9.50. The summed E-state index contributed by atoms with van der Waals surface area (Å²) in [6.07, 6.45) is 7.95. The van der Waals surface area contributed by atoms with Crippen LogP contribution in [0.3, 0.4) is 0 Å². The summed E-state index contributed by atoms with van der Waals surface area (Å²) < 4.78 is 31.0. The van der Waals surface area contributed by atoms with E-state index >= 15 is 0 Å². The third-order valence-corrected chi connectivity index (χ3v) is 6.63. The van der Waals surface area contributed by atoms with Gasteiger partial charge in [0.2, 0.25) is 10.0 Å². The Morgan fingerprint density at radius 3 is 2.81 bits per heavy atom. The van der Waals surface area contributed by atoms with Crippen molar-refractivity contribution in [1.29, 1.82) is 0 Å². The fourth-order valence-electron chi connectivity index (χ4n) is 3.95. The Morgan fingerprint density at radius 2 is 2.15 bits per heavy atom. The number of ether oxygens (including phenoxy) is 1. The van der Waals surface area contributed by atoms with Crippen molar-refractivity contribution in [1.82, 2.24) is 24.5 Å². The highest BCUT2D eigenvalue weighted by atomic mass is 32.2. The van der Waals surface area contributed by atoms with Gasteiger partial charge in [-0.3, -0.25) is 9.69 Å². The van der Waals surface area contributed by atoms with Crippen LogP contribution in [0.4, 0.5) is 0 Å². The number of aromatic nitrogens is 2. The van der Waals surface area contributed by atoms with E-state index in [0.717, 1.165) is 38.9 Å². The smallest absolute Gasteiger partial charge is 0.269 e. The number of amides is 1. The molecule has 0 bridgehead atoms. The molecule has 0 radical (unpaired) electrons. The average molecular weight is 400 g/mol. The monoisotopic (exact) mass is 399 g/mol. The van der Waals surface area contributed by atoms with E-state index in [0.29, 0.717) is 37.9 Å². The highest BCUT2D eigenvalue weighted by Crippen LogP contribution is 2.24. The molecule has 2 N–H and O–H groups in total. The van der Waals surface area contributed by atoms with Gasteiger partial charge in [-0.15, -0.1) is 0 Å². The van der Waals surface area contributed by atoms with Gasteiger partial charge in [0.05, 0.1) is 18.8 Å². The Hall–Kier alpha value is -1.49. The number of sulfonamides is 1. The lowest BCUT2D eigenvalue weighted by Crippen LogP contribution is -2.55. The summed E-state index contributed by atoms with van der Waals surface area (Å²) in [5, 5.41) is 2.92. The SMILES string of the molecule is CS(=O)(=O)N1CCCC(N(CCNC(=O)c2cnc[nH]2)C2CCOCC2)C1. The lowest BCUT2D eigenvalue weighted by atomic mass is 9.99. The van der Waals surface area contributed by atoms with Crippen molar-refractivity contribution in [3.8, 4) is 0 Å². The number of aromatic amines is 1. The maximum Gasteiger partial charge on any atom is 0.269 e. The number of carbonyl (C=O) groups excluding carboxylic acids is 1. The van der Waals surface area contributed by atoms with Crippen LogP contribution < -0.4 is 5.32 Å². The maximum atomic E-state index is 12.1. The largest absolute Gasteiger partial charge is 0.381 e. The van der Waals surface area contributed by atoms with Crippen LogP contribution in [0, 0.1) is 0 Å². The van der Waals surface area contributed by atoms with Crippen LogP contribution in [-0.2, 0) is 14.8 Å². The van der Waals surface area contributed by atoms with Crippen LogP contribution in [0.2, 0.25) is 0 Å². The zero-order valence-electron chi connectivity index (χ0n) is 15.8. The van der Waals surface area contributed by atoms with Gasteiger partial charge in [-0.05, 0) is 25.7 Å². The molecular formula is C17H29N5O4S. The van der Waals surface area contributed by atoms with Gasteiger partial charge in [-0.1, -0.05) is 0 Å². The minimum Gasteiger partial charge on any atom is -0.381 e. The van der Waals surface area contributed by atoms with Crippen LogP contribution in [0.1, 0.15) is 36.2 Å². The Labute approximate surface area is 160 Å². The van der Waals surface area contributed by atoms with E-state index in [1.807, 2.05) is 0 Å². The summed E-state index contributed by atoms with van der Waals surface area (Å²) in [6.45, 7) is 3.75. The van der Waals surface area contributed by atoms with Gasteiger partial charge in [0.25, 0.3) is 5.91 Å². The van der Waals surface area contributed by atoms with Gasteiger partial charge in [0.15, 0.2) is 0 Å². The molecular weight excluding hydrogens is 370 g/mol. The number of hydrogen-bond donors (Lipinski definition) is 2. The summed E-state index contributed by atoms with van der Waals surface area (Å²) in [7, 11) is -3.19. The number of piperidine rings is 1. The molecule has 3 rings (SSSR count). The predicted molar refractivity (Wildman–Crippen MR) is 101 cm³/mol. The quantitative estimate of drug-likeness (QED) is 0.671. The van der Waals surface area contributed by atoms with Crippen LogP contribution in [0.5, 0.6) is 0 Å². The Balaban J connectivity index is 1.62. The third kappa shape index (κ3) is 5.50. The molecule has 0 aliphatic carbocycles. The second-order valence-corrected chi connectivity index (χ2v) is 9.20. The Kier molecular flexibility index (Phi) is 6.85. The molecule has 1 aromatic rings. The molecule has 0 aromatic carbocycles. The van der Waals surface area contributed by atoms with Gasteiger partial charge in [-0.2, -0.15) is 0 Å². The Morgan fingerprint density at radius 1 is 1.37 bits per heavy atom. The zero-order valence-corrected chi connectivity index (χ0v) is 16.6. The summed E-state index contributed by atoms with van der Waals surface area (Å²) in [5.74, 6) is -0.180. The second kappa shape index (κ2) is 9.13. The second-order valence-electron chi connectivity index (χ2n) is 7.22. The molecule has 9 nitrogen and oxygen atoms in total. The zero-order chi connectivity index (χ0) is 19.3. The van der Waals surface area contributed by atoms with Gasteiger partial charge < -0.3 is 15.0 Å². The molecule has 2 aliphatic rings. The molecule has 2 fully saturated rings. The number of nitrogens with zero attached hydrogens (tertiary/aromatic N) is 3. The van der Waals surface area contributed by atoms with E-state index in [9.17, 15) is 13.2 Å². The highest BCUT2D eigenvalue weighted by Gasteiger charge is 2.33. The lowest BCUT2D eigenvalue weighted by Gasteiger charge is -2.43. The van der Waals surface area contributed by atoms with Crippen molar-refractivity contribution in [3.63, 3.8) is 0 Å². The molecule has 0 spiro atoms. The molecule has 0 saturated carbocycles. The molecule has 3 heterocycles. The van der Waals surface area contributed by atoms with Crippen molar-refractivity contribution >= 4 is 15.9 Å². The van der Waals surface area contributed by atoms with Crippen molar-refractivity contribution in [3.05, 3.63) is 18.2 Å². The first-order valence-corrected chi connectivity index (χ1v) is 11.3. The molecule has 1 amide bonds.